The van der Waals surface area contributed by atoms with Gasteiger partial charge in [-0.3, -0.25) is 9.80 Å². The number of hydrogen-bond acceptors (Lipinski definition) is 2. The molecule has 0 aromatic heterocycles. The van der Waals surface area contributed by atoms with E-state index in [1.807, 2.05) is 0 Å². The van der Waals surface area contributed by atoms with Crippen molar-refractivity contribution in [1.29, 1.82) is 0 Å². The molecule has 2 aliphatic rings. The normalized spacial score (nSPS) is 34.5. The predicted octanol–water partition coefficient (Wildman–Crippen LogP) is 2.29. The van der Waals surface area contributed by atoms with Gasteiger partial charge in [-0.25, -0.2) is 4.39 Å². The molecule has 2 rings (SSSR count). The van der Waals surface area contributed by atoms with Crippen LogP contribution < -0.4 is 0 Å². The fraction of sp³-hybridized carbons (Fsp3) is 1.00. The predicted molar refractivity (Wildman–Crippen MR) is 65.4 cm³/mol. The SMILES string of the molecule is CC(C)N1CCN(C2CCC[C@@H](F)C2)CC1. The highest BCUT2D eigenvalue weighted by Gasteiger charge is 2.29. The number of piperazine rings is 1. The number of nitrogens with zero attached hydrogens (tertiary/aromatic N) is 2. The average Bonchev–Trinajstić information content (AvgIpc) is 2.29. The zero-order chi connectivity index (χ0) is 11.5. The molecule has 1 aliphatic heterocycles. The van der Waals surface area contributed by atoms with Crippen LogP contribution in [0.1, 0.15) is 39.5 Å². The number of halogens is 1. The summed E-state index contributed by atoms with van der Waals surface area (Å²) in [5.74, 6) is 0. The summed E-state index contributed by atoms with van der Waals surface area (Å²) in [4.78, 5) is 5.04. The van der Waals surface area contributed by atoms with E-state index in [9.17, 15) is 4.39 Å². The van der Waals surface area contributed by atoms with Gasteiger partial charge < -0.3 is 0 Å². The molecule has 0 spiro atoms. The van der Waals surface area contributed by atoms with E-state index in [1.165, 1.54) is 6.42 Å². The van der Waals surface area contributed by atoms with Crippen molar-refractivity contribution < 1.29 is 4.39 Å². The summed E-state index contributed by atoms with van der Waals surface area (Å²) in [7, 11) is 0. The Kier molecular flexibility index (Phi) is 4.20. The van der Waals surface area contributed by atoms with Crippen LogP contribution in [0.2, 0.25) is 0 Å². The molecular weight excluding hydrogens is 203 g/mol. The topological polar surface area (TPSA) is 6.48 Å². The van der Waals surface area contributed by atoms with Crippen molar-refractivity contribution in [3.63, 3.8) is 0 Å². The van der Waals surface area contributed by atoms with E-state index < -0.39 is 6.17 Å². The first kappa shape index (κ1) is 12.3. The molecule has 94 valence electrons. The zero-order valence-corrected chi connectivity index (χ0v) is 10.7. The van der Waals surface area contributed by atoms with Crippen molar-refractivity contribution in [3.05, 3.63) is 0 Å². The Morgan fingerprint density at radius 3 is 2.31 bits per heavy atom. The van der Waals surface area contributed by atoms with Crippen molar-refractivity contribution in [2.45, 2.75) is 57.8 Å². The molecule has 0 N–H and O–H groups in total. The fourth-order valence-electron chi connectivity index (χ4n) is 3.06. The lowest BCUT2D eigenvalue weighted by Crippen LogP contribution is -2.53. The highest BCUT2D eigenvalue weighted by atomic mass is 19.1. The summed E-state index contributed by atoms with van der Waals surface area (Å²) in [5, 5.41) is 0. The maximum Gasteiger partial charge on any atom is 0.102 e. The van der Waals surface area contributed by atoms with Gasteiger partial charge in [0, 0.05) is 38.3 Å². The van der Waals surface area contributed by atoms with Gasteiger partial charge in [0.2, 0.25) is 0 Å². The number of hydrogen-bond donors (Lipinski definition) is 0. The molecule has 0 radical (unpaired) electrons. The van der Waals surface area contributed by atoms with Crippen LogP contribution in [0.3, 0.4) is 0 Å². The lowest BCUT2D eigenvalue weighted by molar-refractivity contribution is 0.0482. The molecule has 1 aliphatic carbocycles. The van der Waals surface area contributed by atoms with Crippen molar-refractivity contribution in [1.82, 2.24) is 9.80 Å². The minimum Gasteiger partial charge on any atom is -0.298 e. The minimum absolute atomic E-state index is 0.526. The summed E-state index contributed by atoms with van der Waals surface area (Å²) in [6.07, 6.45) is 3.32. The Hall–Kier alpha value is -0.150. The van der Waals surface area contributed by atoms with E-state index in [1.54, 1.807) is 0 Å². The molecule has 0 aromatic carbocycles. The first-order valence-corrected chi connectivity index (χ1v) is 6.79. The summed E-state index contributed by atoms with van der Waals surface area (Å²) in [6.45, 7) is 9.10. The van der Waals surface area contributed by atoms with E-state index in [2.05, 4.69) is 23.6 Å². The van der Waals surface area contributed by atoms with Gasteiger partial charge in [-0.05, 0) is 39.5 Å². The summed E-state index contributed by atoms with van der Waals surface area (Å²) in [6, 6.07) is 1.18. The molecule has 1 saturated carbocycles. The molecule has 16 heavy (non-hydrogen) atoms. The number of rotatable bonds is 2. The maximum absolute atomic E-state index is 13.4. The molecular formula is C13H25FN2. The van der Waals surface area contributed by atoms with Crippen LogP contribution in [-0.2, 0) is 0 Å². The average molecular weight is 228 g/mol. The van der Waals surface area contributed by atoms with Gasteiger partial charge in [-0.1, -0.05) is 0 Å². The standard InChI is InChI=1S/C13H25FN2/c1-11(2)15-6-8-16(9-7-15)13-5-3-4-12(14)10-13/h11-13H,3-10H2,1-2H3/t12-,13?/m1/s1. The second-order valence-corrected chi connectivity index (χ2v) is 5.58. The van der Waals surface area contributed by atoms with Crippen molar-refractivity contribution in [3.8, 4) is 0 Å². The Morgan fingerprint density at radius 2 is 1.75 bits per heavy atom. The third kappa shape index (κ3) is 2.95. The Bertz CT molecular complexity index is 212. The molecule has 0 bridgehead atoms. The smallest absolute Gasteiger partial charge is 0.102 e. The van der Waals surface area contributed by atoms with Crippen LogP contribution in [0.4, 0.5) is 4.39 Å². The number of alkyl halides is 1. The molecule has 3 heteroatoms. The van der Waals surface area contributed by atoms with Gasteiger partial charge in [0.1, 0.15) is 6.17 Å². The highest BCUT2D eigenvalue weighted by Crippen LogP contribution is 2.26. The van der Waals surface area contributed by atoms with Crippen molar-refractivity contribution >= 4 is 0 Å². The fourth-order valence-corrected chi connectivity index (χ4v) is 3.06. The van der Waals surface area contributed by atoms with Gasteiger partial charge in [0.05, 0.1) is 0 Å². The molecule has 1 saturated heterocycles. The first-order chi connectivity index (χ1) is 7.66. The van der Waals surface area contributed by atoms with Gasteiger partial charge >= 0.3 is 0 Å². The van der Waals surface area contributed by atoms with Crippen LogP contribution in [0.5, 0.6) is 0 Å². The van der Waals surface area contributed by atoms with Crippen LogP contribution >= 0.6 is 0 Å². The molecule has 1 unspecified atom stereocenters. The summed E-state index contributed by atoms with van der Waals surface area (Å²) in [5.41, 5.74) is 0. The summed E-state index contributed by atoms with van der Waals surface area (Å²) >= 11 is 0. The Morgan fingerprint density at radius 1 is 1.06 bits per heavy atom. The van der Waals surface area contributed by atoms with E-state index in [0.717, 1.165) is 45.4 Å². The Balaban J connectivity index is 1.79. The molecule has 2 fully saturated rings. The quantitative estimate of drug-likeness (QED) is 0.715. The first-order valence-electron chi connectivity index (χ1n) is 6.79. The van der Waals surface area contributed by atoms with Gasteiger partial charge in [0.15, 0.2) is 0 Å². The van der Waals surface area contributed by atoms with Crippen molar-refractivity contribution in [2.24, 2.45) is 0 Å². The molecule has 2 nitrogen and oxygen atoms in total. The second-order valence-electron chi connectivity index (χ2n) is 5.58. The highest BCUT2D eigenvalue weighted by molar-refractivity contribution is 4.84. The molecule has 0 amide bonds. The Labute approximate surface area is 98.8 Å². The third-order valence-electron chi connectivity index (χ3n) is 4.18. The van der Waals surface area contributed by atoms with Crippen LogP contribution in [0.25, 0.3) is 0 Å². The van der Waals surface area contributed by atoms with Gasteiger partial charge in [-0.2, -0.15) is 0 Å². The van der Waals surface area contributed by atoms with Crippen LogP contribution in [0, 0.1) is 0 Å². The van der Waals surface area contributed by atoms with E-state index in [-0.39, 0.29) is 0 Å². The van der Waals surface area contributed by atoms with E-state index >= 15 is 0 Å². The van der Waals surface area contributed by atoms with Crippen LogP contribution in [-0.4, -0.2) is 54.2 Å². The minimum atomic E-state index is -0.540. The monoisotopic (exact) mass is 228 g/mol. The molecule has 2 atom stereocenters. The van der Waals surface area contributed by atoms with E-state index in [0.29, 0.717) is 12.1 Å². The lowest BCUT2D eigenvalue weighted by Gasteiger charge is -2.42. The van der Waals surface area contributed by atoms with E-state index in [4.69, 9.17) is 0 Å². The molecule has 1 heterocycles. The zero-order valence-electron chi connectivity index (χ0n) is 10.7. The second kappa shape index (κ2) is 5.46. The van der Waals surface area contributed by atoms with Crippen LogP contribution in [0.15, 0.2) is 0 Å². The third-order valence-corrected chi connectivity index (χ3v) is 4.18. The maximum atomic E-state index is 13.4. The van der Waals surface area contributed by atoms with Crippen molar-refractivity contribution in [2.75, 3.05) is 26.2 Å². The van der Waals surface area contributed by atoms with Gasteiger partial charge in [0.25, 0.3) is 0 Å². The van der Waals surface area contributed by atoms with Gasteiger partial charge in [-0.15, -0.1) is 0 Å². The lowest BCUT2D eigenvalue weighted by atomic mass is 9.92. The summed E-state index contributed by atoms with van der Waals surface area (Å²) < 4.78 is 13.4. The largest absolute Gasteiger partial charge is 0.298 e. The molecule has 0 aromatic rings.